The highest BCUT2D eigenvalue weighted by Crippen LogP contribution is 2.19. The van der Waals surface area contributed by atoms with E-state index in [1.54, 1.807) is 18.2 Å². The maximum absolute atomic E-state index is 11.4. The Labute approximate surface area is 105 Å². The van der Waals surface area contributed by atoms with Gasteiger partial charge in [-0.1, -0.05) is 23.7 Å². The summed E-state index contributed by atoms with van der Waals surface area (Å²) in [6.45, 7) is 5.54. The number of nitrogens with one attached hydrogen (secondary N) is 2. The van der Waals surface area contributed by atoms with Crippen LogP contribution in [0.15, 0.2) is 30.9 Å². The Morgan fingerprint density at radius 3 is 2.71 bits per heavy atom. The summed E-state index contributed by atoms with van der Waals surface area (Å²) in [5.74, 6) is -1.44. The molecule has 0 heterocycles. The zero-order chi connectivity index (χ0) is 12.8. The molecule has 2 N–H and O–H groups in total. The standard InChI is InChI=1S/C12H13ClN2O2/c1-3-6-14-11(16)12(17)15-9-5-4-8(2)10(13)7-9/h3-5,7H,1,6H2,2H3,(H,14,16)(H,15,17). The second-order valence-electron chi connectivity index (χ2n) is 3.42. The van der Waals surface area contributed by atoms with Crippen LogP contribution in [0.2, 0.25) is 5.02 Å². The van der Waals surface area contributed by atoms with Gasteiger partial charge in [-0.05, 0) is 24.6 Å². The van der Waals surface area contributed by atoms with Crippen molar-refractivity contribution in [2.75, 3.05) is 11.9 Å². The second-order valence-corrected chi connectivity index (χ2v) is 3.82. The maximum Gasteiger partial charge on any atom is 0.313 e. The van der Waals surface area contributed by atoms with Crippen LogP contribution in [0.5, 0.6) is 0 Å². The highest BCUT2D eigenvalue weighted by molar-refractivity contribution is 6.39. The molecule has 0 saturated carbocycles. The van der Waals surface area contributed by atoms with E-state index in [0.29, 0.717) is 10.7 Å². The Bertz CT molecular complexity index is 458. The molecule has 2 amide bonds. The van der Waals surface area contributed by atoms with Gasteiger partial charge in [-0.3, -0.25) is 9.59 Å². The Kier molecular flexibility index (Phi) is 4.72. The first-order valence-electron chi connectivity index (χ1n) is 5.01. The van der Waals surface area contributed by atoms with Gasteiger partial charge in [-0.15, -0.1) is 6.58 Å². The number of halogens is 1. The molecule has 4 nitrogen and oxygen atoms in total. The van der Waals surface area contributed by atoms with E-state index < -0.39 is 11.8 Å². The summed E-state index contributed by atoms with van der Waals surface area (Å²) in [4.78, 5) is 22.7. The molecular weight excluding hydrogens is 240 g/mol. The number of benzene rings is 1. The van der Waals surface area contributed by atoms with Crippen LogP contribution in [0.3, 0.4) is 0 Å². The number of anilines is 1. The van der Waals surface area contributed by atoms with Crippen molar-refractivity contribution in [3.8, 4) is 0 Å². The fourth-order valence-electron chi connectivity index (χ4n) is 1.10. The molecule has 0 aliphatic carbocycles. The van der Waals surface area contributed by atoms with Crippen molar-refractivity contribution in [3.05, 3.63) is 41.4 Å². The molecule has 0 fully saturated rings. The van der Waals surface area contributed by atoms with Crippen molar-refractivity contribution in [1.82, 2.24) is 5.32 Å². The maximum atomic E-state index is 11.4. The lowest BCUT2D eigenvalue weighted by molar-refractivity contribution is -0.136. The monoisotopic (exact) mass is 252 g/mol. The van der Waals surface area contributed by atoms with E-state index in [9.17, 15) is 9.59 Å². The topological polar surface area (TPSA) is 58.2 Å². The van der Waals surface area contributed by atoms with E-state index >= 15 is 0 Å². The van der Waals surface area contributed by atoms with E-state index in [1.165, 1.54) is 6.08 Å². The predicted octanol–water partition coefficient (Wildman–Crippen LogP) is 1.89. The van der Waals surface area contributed by atoms with Crippen molar-refractivity contribution in [1.29, 1.82) is 0 Å². The Morgan fingerprint density at radius 2 is 2.12 bits per heavy atom. The zero-order valence-corrected chi connectivity index (χ0v) is 10.2. The van der Waals surface area contributed by atoms with Gasteiger partial charge in [0.25, 0.3) is 0 Å². The molecular formula is C12H13ClN2O2. The summed E-state index contributed by atoms with van der Waals surface area (Å²) < 4.78 is 0. The lowest BCUT2D eigenvalue weighted by atomic mass is 10.2. The van der Waals surface area contributed by atoms with Crippen LogP contribution >= 0.6 is 11.6 Å². The fourth-order valence-corrected chi connectivity index (χ4v) is 1.28. The van der Waals surface area contributed by atoms with E-state index in [-0.39, 0.29) is 6.54 Å². The molecule has 1 aromatic rings. The molecule has 0 radical (unpaired) electrons. The third-order valence-electron chi connectivity index (χ3n) is 2.04. The minimum atomic E-state index is -0.730. The molecule has 1 rings (SSSR count). The van der Waals surface area contributed by atoms with Crippen LogP contribution in [-0.4, -0.2) is 18.4 Å². The van der Waals surface area contributed by atoms with Crippen LogP contribution in [-0.2, 0) is 9.59 Å². The lowest BCUT2D eigenvalue weighted by Gasteiger charge is -2.06. The third-order valence-corrected chi connectivity index (χ3v) is 2.45. The first-order valence-corrected chi connectivity index (χ1v) is 5.38. The molecule has 0 aliphatic rings. The molecule has 0 atom stereocenters. The number of carbonyl (C=O) groups is 2. The molecule has 0 bridgehead atoms. The zero-order valence-electron chi connectivity index (χ0n) is 9.42. The van der Waals surface area contributed by atoms with Gasteiger partial charge in [-0.2, -0.15) is 0 Å². The Balaban J connectivity index is 2.64. The molecule has 0 aliphatic heterocycles. The van der Waals surface area contributed by atoms with E-state index in [0.717, 1.165) is 5.56 Å². The summed E-state index contributed by atoms with van der Waals surface area (Å²) in [6.07, 6.45) is 1.49. The summed E-state index contributed by atoms with van der Waals surface area (Å²) in [5, 5.41) is 5.36. The number of hydrogen-bond donors (Lipinski definition) is 2. The van der Waals surface area contributed by atoms with Crippen LogP contribution in [0.4, 0.5) is 5.69 Å². The molecule has 5 heteroatoms. The molecule has 90 valence electrons. The third kappa shape index (κ3) is 3.92. The van der Waals surface area contributed by atoms with Gasteiger partial charge in [0.05, 0.1) is 0 Å². The Morgan fingerprint density at radius 1 is 1.41 bits per heavy atom. The van der Waals surface area contributed by atoms with Crippen molar-refractivity contribution in [2.24, 2.45) is 0 Å². The second kappa shape index (κ2) is 6.06. The highest BCUT2D eigenvalue weighted by atomic mass is 35.5. The van der Waals surface area contributed by atoms with Crippen LogP contribution in [0.25, 0.3) is 0 Å². The highest BCUT2D eigenvalue weighted by Gasteiger charge is 2.12. The molecule has 0 spiro atoms. The summed E-state index contributed by atoms with van der Waals surface area (Å²) in [7, 11) is 0. The molecule has 0 unspecified atom stereocenters. The number of amides is 2. The quantitative estimate of drug-likeness (QED) is 0.638. The SMILES string of the molecule is C=CCNC(=O)C(=O)Nc1ccc(C)c(Cl)c1. The predicted molar refractivity (Wildman–Crippen MR) is 68.0 cm³/mol. The van der Waals surface area contributed by atoms with Crippen molar-refractivity contribution >= 4 is 29.1 Å². The van der Waals surface area contributed by atoms with Crippen LogP contribution in [0, 0.1) is 6.92 Å². The Hall–Kier alpha value is -1.81. The largest absolute Gasteiger partial charge is 0.344 e. The van der Waals surface area contributed by atoms with E-state index in [2.05, 4.69) is 17.2 Å². The molecule has 0 aromatic heterocycles. The number of carbonyl (C=O) groups excluding carboxylic acids is 2. The summed E-state index contributed by atoms with van der Waals surface area (Å²) in [6, 6.07) is 5.04. The van der Waals surface area contributed by atoms with Gasteiger partial charge < -0.3 is 10.6 Å². The van der Waals surface area contributed by atoms with Crippen LogP contribution in [0.1, 0.15) is 5.56 Å². The van der Waals surface area contributed by atoms with Gasteiger partial charge >= 0.3 is 11.8 Å². The van der Waals surface area contributed by atoms with Gasteiger partial charge in [0.15, 0.2) is 0 Å². The van der Waals surface area contributed by atoms with Crippen molar-refractivity contribution < 1.29 is 9.59 Å². The van der Waals surface area contributed by atoms with Crippen molar-refractivity contribution in [2.45, 2.75) is 6.92 Å². The normalized spacial score (nSPS) is 9.53. The lowest BCUT2D eigenvalue weighted by Crippen LogP contribution is -2.35. The van der Waals surface area contributed by atoms with Gasteiger partial charge in [0.1, 0.15) is 0 Å². The molecule has 1 aromatic carbocycles. The summed E-state index contributed by atoms with van der Waals surface area (Å²) >= 11 is 5.90. The minimum absolute atomic E-state index is 0.251. The average Bonchev–Trinajstić information content (AvgIpc) is 2.30. The smallest absolute Gasteiger partial charge is 0.313 e. The molecule has 17 heavy (non-hydrogen) atoms. The average molecular weight is 253 g/mol. The number of hydrogen-bond acceptors (Lipinski definition) is 2. The summed E-state index contributed by atoms with van der Waals surface area (Å²) in [5.41, 5.74) is 1.39. The number of aryl methyl sites for hydroxylation is 1. The van der Waals surface area contributed by atoms with Gasteiger partial charge in [-0.25, -0.2) is 0 Å². The van der Waals surface area contributed by atoms with Gasteiger partial charge in [0.2, 0.25) is 0 Å². The number of rotatable bonds is 3. The first kappa shape index (κ1) is 13.3. The minimum Gasteiger partial charge on any atom is -0.344 e. The fraction of sp³-hybridized carbons (Fsp3) is 0.167. The van der Waals surface area contributed by atoms with E-state index in [1.807, 2.05) is 6.92 Å². The van der Waals surface area contributed by atoms with Gasteiger partial charge in [0, 0.05) is 17.3 Å². The van der Waals surface area contributed by atoms with Crippen molar-refractivity contribution in [3.63, 3.8) is 0 Å². The first-order chi connectivity index (χ1) is 8.04. The molecule has 0 saturated heterocycles. The van der Waals surface area contributed by atoms with E-state index in [4.69, 9.17) is 11.6 Å². The van der Waals surface area contributed by atoms with Crippen LogP contribution < -0.4 is 10.6 Å².